The number of pyridine rings is 1. The van der Waals surface area contributed by atoms with Gasteiger partial charge in [0.1, 0.15) is 11.9 Å². The Morgan fingerprint density at radius 2 is 2.12 bits per heavy atom. The van der Waals surface area contributed by atoms with Gasteiger partial charge in [0.05, 0.1) is 18.7 Å². The molecule has 1 aliphatic heterocycles. The van der Waals surface area contributed by atoms with Gasteiger partial charge in [0, 0.05) is 30.7 Å². The molecule has 4 heterocycles. The Labute approximate surface area is 189 Å². The molecule has 11 nitrogen and oxygen atoms in total. The lowest BCUT2D eigenvalue weighted by atomic mass is 9.94. The van der Waals surface area contributed by atoms with Gasteiger partial charge in [-0.2, -0.15) is 20.0 Å². The fraction of sp³-hybridized carbons (Fsp3) is 0.381. The molecule has 0 atom stereocenters. The van der Waals surface area contributed by atoms with Crippen molar-refractivity contribution in [1.82, 2.24) is 14.8 Å². The molecule has 4 rings (SSSR count). The third kappa shape index (κ3) is 4.73. The van der Waals surface area contributed by atoms with Gasteiger partial charge >= 0.3 is 5.91 Å². The zero-order chi connectivity index (χ0) is 23.5. The lowest BCUT2D eigenvalue weighted by Crippen LogP contribution is -2.36. The number of hydrogen-bond donors (Lipinski definition) is 2. The van der Waals surface area contributed by atoms with Crippen molar-refractivity contribution in [3.8, 4) is 11.9 Å². The van der Waals surface area contributed by atoms with Crippen molar-refractivity contribution in [3.63, 3.8) is 0 Å². The second-order valence-electron chi connectivity index (χ2n) is 7.71. The van der Waals surface area contributed by atoms with Crippen molar-refractivity contribution in [1.29, 1.82) is 5.26 Å². The highest BCUT2D eigenvalue weighted by molar-refractivity contribution is 7.45. The average molecular weight is 471 g/mol. The smallest absolute Gasteiger partial charge is 0.317 e. The van der Waals surface area contributed by atoms with Crippen LogP contribution in [0.25, 0.3) is 10.8 Å². The lowest BCUT2D eigenvalue weighted by Gasteiger charge is -2.33. The van der Waals surface area contributed by atoms with Gasteiger partial charge in [-0.15, -0.1) is 0 Å². The third-order valence-corrected chi connectivity index (χ3v) is 6.36. The maximum Gasteiger partial charge on any atom is 0.317 e. The van der Waals surface area contributed by atoms with Gasteiger partial charge in [-0.05, 0) is 37.3 Å². The minimum Gasteiger partial charge on any atom is -0.481 e. The van der Waals surface area contributed by atoms with Crippen molar-refractivity contribution >= 4 is 30.9 Å². The van der Waals surface area contributed by atoms with Crippen LogP contribution >= 0.6 is 8.38 Å². The van der Waals surface area contributed by atoms with E-state index in [0.29, 0.717) is 46.9 Å². The summed E-state index contributed by atoms with van der Waals surface area (Å²) in [5.74, 6) is 0.0828. The Morgan fingerprint density at radius 3 is 2.76 bits per heavy atom. The van der Waals surface area contributed by atoms with Crippen LogP contribution < -0.4 is 15.2 Å². The third-order valence-electron chi connectivity index (χ3n) is 5.71. The van der Waals surface area contributed by atoms with Gasteiger partial charge in [-0.3, -0.25) is 9.59 Å². The normalized spacial score (nSPS) is 14.6. The molecule has 1 aliphatic rings. The van der Waals surface area contributed by atoms with Gasteiger partial charge in [0.2, 0.25) is 11.6 Å². The molecule has 0 spiro atoms. The Balaban J connectivity index is 1.70. The Morgan fingerprint density at radius 1 is 1.36 bits per heavy atom. The maximum absolute atomic E-state index is 13.3. The fourth-order valence-corrected chi connectivity index (χ4v) is 4.55. The summed E-state index contributed by atoms with van der Waals surface area (Å²) in [7, 11) is -0.414. The van der Waals surface area contributed by atoms with E-state index < -0.39 is 19.8 Å². The molecule has 3 aromatic heterocycles. The molecule has 0 amide bonds. The number of furan rings is 1. The summed E-state index contributed by atoms with van der Waals surface area (Å²) in [5, 5.41) is 13.6. The molecule has 12 heteroatoms. The lowest BCUT2D eigenvalue weighted by molar-refractivity contribution is 0.0911. The minimum atomic E-state index is -1.89. The SMILES string of the molecule is COc1cc2cnn(C(=O)c3ccc(C#N)o3)c(=O)c2c(N2CCC(CCP(O)O)CC2)n1. The Hall–Kier alpha value is -3.32. The fourth-order valence-electron chi connectivity index (χ4n) is 3.95. The first-order valence-corrected chi connectivity index (χ1v) is 11.8. The number of hydrogen-bond acceptors (Lipinski definition) is 10. The Kier molecular flexibility index (Phi) is 6.70. The first kappa shape index (κ1) is 22.9. The number of aromatic nitrogens is 3. The van der Waals surface area contributed by atoms with E-state index in [4.69, 9.17) is 14.4 Å². The molecule has 1 fully saturated rings. The van der Waals surface area contributed by atoms with E-state index in [1.165, 1.54) is 25.4 Å². The zero-order valence-corrected chi connectivity index (χ0v) is 18.7. The number of ether oxygens (including phenoxy) is 1. The number of carbonyl (C=O) groups excluding carboxylic acids is 1. The molecule has 0 radical (unpaired) electrons. The molecule has 0 bridgehead atoms. The molecule has 3 aromatic rings. The summed E-state index contributed by atoms with van der Waals surface area (Å²) in [4.78, 5) is 51.0. The van der Waals surface area contributed by atoms with Crippen LogP contribution in [0.3, 0.4) is 0 Å². The van der Waals surface area contributed by atoms with Crippen LogP contribution in [0.15, 0.2) is 33.6 Å². The predicted molar refractivity (Wildman–Crippen MR) is 119 cm³/mol. The monoisotopic (exact) mass is 471 g/mol. The molecule has 0 unspecified atom stereocenters. The van der Waals surface area contributed by atoms with Crippen molar-refractivity contribution < 1.29 is 23.7 Å². The summed E-state index contributed by atoms with van der Waals surface area (Å²) < 4.78 is 11.2. The van der Waals surface area contributed by atoms with E-state index in [0.717, 1.165) is 19.3 Å². The molecule has 2 N–H and O–H groups in total. The van der Waals surface area contributed by atoms with Crippen molar-refractivity contribution in [2.45, 2.75) is 19.3 Å². The molecular formula is C21H22N5O6P. The summed E-state index contributed by atoms with van der Waals surface area (Å²) in [5.41, 5.74) is -0.647. The molecule has 1 saturated heterocycles. The molecule has 0 saturated carbocycles. The number of fused-ring (bicyclic) bond motifs is 1. The largest absolute Gasteiger partial charge is 0.481 e. The Bertz CT molecular complexity index is 1270. The highest BCUT2D eigenvalue weighted by atomic mass is 31.2. The number of anilines is 1. The molecule has 172 valence electrons. The van der Waals surface area contributed by atoms with E-state index in [2.05, 4.69) is 10.1 Å². The van der Waals surface area contributed by atoms with Gasteiger partial charge in [-0.25, -0.2) is 0 Å². The first-order valence-electron chi connectivity index (χ1n) is 10.3. The van der Waals surface area contributed by atoms with E-state index in [-0.39, 0.29) is 16.9 Å². The summed E-state index contributed by atoms with van der Waals surface area (Å²) >= 11 is 0. The summed E-state index contributed by atoms with van der Waals surface area (Å²) in [6, 6.07) is 6.05. The summed E-state index contributed by atoms with van der Waals surface area (Å²) in [6.45, 7) is 1.24. The maximum atomic E-state index is 13.3. The van der Waals surface area contributed by atoms with E-state index in [9.17, 15) is 19.4 Å². The zero-order valence-electron chi connectivity index (χ0n) is 17.8. The van der Waals surface area contributed by atoms with E-state index in [1.54, 1.807) is 12.1 Å². The van der Waals surface area contributed by atoms with Crippen LogP contribution in [-0.2, 0) is 0 Å². The highest BCUT2D eigenvalue weighted by Crippen LogP contribution is 2.33. The van der Waals surface area contributed by atoms with Crippen LogP contribution in [0.2, 0.25) is 0 Å². The van der Waals surface area contributed by atoms with Gasteiger partial charge in [-0.1, -0.05) is 0 Å². The molecule has 33 heavy (non-hydrogen) atoms. The van der Waals surface area contributed by atoms with Crippen LogP contribution in [0.1, 0.15) is 35.6 Å². The van der Waals surface area contributed by atoms with E-state index in [1.807, 2.05) is 4.90 Å². The molecule has 0 aliphatic carbocycles. The number of nitrogens with zero attached hydrogens (tertiary/aromatic N) is 5. The number of nitriles is 1. The number of rotatable bonds is 6. The standard InChI is InChI=1S/C21H22N5O6P/c1-31-17-10-14-12-23-26(20(27)16-3-2-15(11-22)32-16)21(28)18(14)19(24-17)25-7-4-13(5-8-25)6-9-33(29)30/h2-3,10,12-13,29-30H,4-9H2,1H3. The van der Waals surface area contributed by atoms with Gasteiger partial charge < -0.3 is 23.8 Å². The molecular weight excluding hydrogens is 449 g/mol. The van der Waals surface area contributed by atoms with E-state index >= 15 is 0 Å². The quantitative estimate of drug-likeness (QED) is 0.509. The van der Waals surface area contributed by atoms with Crippen molar-refractivity contribution in [2.75, 3.05) is 31.3 Å². The second-order valence-corrected chi connectivity index (χ2v) is 8.90. The van der Waals surface area contributed by atoms with Crippen LogP contribution in [0.5, 0.6) is 5.88 Å². The van der Waals surface area contributed by atoms with Crippen LogP contribution in [0.4, 0.5) is 5.82 Å². The predicted octanol–water partition coefficient (Wildman–Crippen LogP) is 1.86. The van der Waals surface area contributed by atoms with Gasteiger partial charge in [0.15, 0.2) is 14.1 Å². The average Bonchev–Trinajstić information content (AvgIpc) is 3.31. The topological polar surface area (TPSA) is 155 Å². The van der Waals surface area contributed by atoms with Crippen molar-refractivity contribution in [2.24, 2.45) is 5.92 Å². The highest BCUT2D eigenvalue weighted by Gasteiger charge is 2.26. The number of carbonyl (C=O) groups is 1. The first-order chi connectivity index (χ1) is 15.9. The molecule has 0 aromatic carbocycles. The van der Waals surface area contributed by atoms with Crippen LogP contribution in [0, 0.1) is 17.2 Å². The minimum absolute atomic E-state index is 0.0443. The summed E-state index contributed by atoms with van der Waals surface area (Å²) in [6.07, 6.45) is 4.14. The number of methoxy groups -OCH3 is 1. The van der Waals surface area contributed by atoms with Crippen molar-refractivity contribution in [3.05, 3.63) is 46.3 Å². The van der Waals surface area contributed by atoms with Gasteiger partial charge in [0.25, 0.3) is 5.56 Å². The van der Waals surface area contributed by atoms with Crippen LogP contribution in [-0.4, -0.2) is 56.8 Å². The number of piperidine rings is 1. The second kappa shape index (κ2) is 9.67.